The quantitative estimate of drug-likeness (QED) is 0.876. The Morgan fingerprint density at radius 1 is 1.00 bits per heavy atom. The van der Waals surface area contributed by atoms with Crippen LogP contribution in [0.2, 0.25) is 0 Å². The van der Waals surface area contributed by atoms with Crippen LogP contribution in [-0.4, -0.2) is 20.8 Å². The molecule has 0 aliphatic heterocycles. The molecule has 0 fully saturated rings. The lowest BCUT2D eigenvalue weighted by molar-refractivity contribution is 0.408. The standard InChI is InChI=1S/C18H23NO2/c1-5-19-12-15-11-14(6-9-18(15)21-4)17-8-7-16(20-3)10-13(17)2/h6-11,19H,5,12H2,1-4H3. The van der Waals surface area contributed by atoms with E-state index in [1.54, 1.807) is 14.2 Å². The van der Waals surface area contributed by atoms with Gasteiger partial charge in [0.25, 0.3) is 0 Å². The molecule has 0 radical (unpaired) electrons. The summed E-state index contributed by atoms with van der Waals surface area (Å²) in [5.41, 5.74) is 4.79. The highest BCUT2D eigenvalue weighted by Crippen LogP contribution is 2.30. The molecule has 0 unspecified atom stereocenters. The van der Waals surface area contributed by atoms with Crippen LogP contribution in [-0.2, 0) is 6.54 Å². The minimum absolute atomic E-state index is 0.808. The van der Waals surface area contributed by atoms with Gasteiger partial charge in [-0.25, -0.2) is 0 Å². The number of methoxy groups -OCH3 is 2. The minimum Gasteiger partial charge on any atom is -0.497 e. The Balaban J connectivity index is 2.39. The number of hydrogen-bond acceptors (Lipinski definition) is 3. The third kappa shape index (κ3) is 3.56. The summed E-state index contributed by atoms with van der Waals surface area (Å²) in [5.74, 6) is 1.81. The van der Waals surface area contributed by atoms with Crippen LogP contribution in [0.4, 0.5) is 0 Å². The third-order valence-electron chi connectivity index (χ3n) is 3.59. The molecule has 3 nitrogen and oxygen atoms in total. The van der Waals surface area contributed by atoms with Crippen molar-refractivity contribution >= 4 is 0 Å². The van der Waals surface area contributed by atoms with Crippen molar-refractivity contribution in [1.82, 2.24) is 5.32 Å². The lowest BCUT2D eigenvalue weighted by atomic mass is 9.98. The fourth-order valence-corrected chi connectivity index (χ4v) is 2.43. The summed E-state index contributed by atoms with van der Waals surface area (Å²) in [4.78, 5) is 0. The predicted molar refractivity (Wildman–Crippen MR) is 87.1 cm³/mol. The molecular weight excluding hydrogens is 262 g/mol. The van der Waals surface area contributed by atoms with Gasteiger partial charge in [-0.3, -0.25) is 0 Å². The molecule has 2 aromatic carbocycles. The molecule has 1 N–H and O–H groups in total. The van der Waals surface area contributed by atoms with Crippen LogP contribution in [0.5, 0.6) is 11.5 Å². The van der Waals surface area contributed by atoms with Crippen molar-refractivity contribution in [1.29, 1.82) is 0 Å². The summed E-state index contributed by atoms with van der Waals surface area (Å²) in [5, 5.41) is 3.35. The average Bonchev–Trinajstić information content (AvgIpc) is 2.52. The molecule has 21 heavy (non-hydrogen) atoms. The van der Waals surface area contributed by atoms with E-state index in [1.165, 1.54) is 22.3 Å². The number of aryl methyl sites for hydroxylation is 1. The van der Waals surface area contributed by atoms with Crippen LogP contribution in [0.3, 0.4) is 0 Å². The van der Waals surface area contributed by atoms with Crippen LogP contribution in [0, 0.1) is 6.92 Å². The monoisotopic (exact) mass is 285 g/mol. The van der Waals surface area contributed by atoms with Gasteiger partial charge in [-0.2, -0.15) is 0 Å². The second kappa shape index (κ2) is 7.14. The first kappa shape index (κ1) is 15.4. The fourth-order valence-electron chi connectivity index (χ4n) is 2.43. The normalized spacial score (nSPS) is 10.5. The first-order valence-electron chi connectivity index (χ1n) is 7.22. The minimum atomic E-state index is 0.808. The van der Waals surface area contributed by atoms with E-state index in [4.69, 9.17) is 9.47 Å². The van der Waals surface area contributed by atoms with Crippen molar-refractivity contribution in [3.63, 3.8) is 0 Å². The summed E-state index contributed by atoms with van der Waals surface area (Å²) in [6.45, 7) is 5.95. The van der Waals surface area contributed by atoms with Crippen LogP contribution in [0.25, 0.3) is 11.1 Å². The number of benzene rings is 2. The molecule has 0 aliphatic carbocycles. The predicted octanol–water partition coefficient (Wildman–Crippen LogP) is 3.79. The second-order valence-corrected chi connectivity index (χ2v) is 4.99. The molecule has 0 saturated carbocycles. The Hall–Kier alpha value is -2.00. The van der Waals surface area contributed by atoms with Crippen LogP contribution in [0.15, 0.2) is 36.4 Å². The lowest BCUT2D eigenvalue weighted by Crippen LogP contribution is -2.12. The molecule has 0 amide bonds. The number of ether oxygens (including phenoxy) is 2. The largest absolute Gasteiger partial charge is 0.497 e. The zero-order valence-corrected chi connectivity index (χ0v) is 13.2. The van der Waals surface area contributed by atoms with Crippen molar-refractivity contribution in [2.45, 2.75) is 20.4 Å². The Morgan fingerprint density at radius 3 is 2.43 bits per heavy atom. The molecule has 0 spiro atoms. The highest BCUT2D eigenvalue weighted by Gasteiger charge is 2.08. The van der Waals surface area contributed by atoms with Crippen molar-refractivity contribution in [2.75, 3.05) is 20.8 Å². The fraction of sp³-hybridized carbons (Fsp3) is 0.333. The third-order valence-corrected chi connectivity index (χ3v) is 3.59. The molecule has 3 heteroatoms. The first-order chi connectivity index (χ1) is 10.2. The Bertz CT molecular complexity index is 608. The van der Waals surface area contributed by atoms with Gasteiger partial charge in [0.2, 0.25) is 0 Å². The zero-order valence-electron chi connectivity index (χ0n) is 13.2. The van der Waals surface area contributed by atoms with Gasteiger partial charge in [0.1, 0.15) is 11.5 Å². The Morgan fingerprint density at radius 2 is 1.81 bits per heavy atom. The molecule has 0 saturated heterocycles. The summed E-state index contributed by atoms with van der Waals surface area (Å²) >= 11 is 0. The summed E-state index contributed by atoms with van der Waals surface area (Å²) in [6.07, 6.45) is 0. The van der Waals surface area contributed by atoms with Gasteiger partial charge >= 0.3 is 0 Å². The zero-order chi connectivity index (χ0) is 15.2. The van der Waals surface area contributed by atoms with E-state index >= 15 is 0 Å². The maximum Gasteiger partial charge on any atom is 0.123 e. The van der Waals surface area contributed by atoms with Gasteiger partial charge < -0.3 is 14.8 Å². The van der Waals surface area contributed by atoms with E-state index < -0.39 is 0 Å². The maximum atomic E-state index is 5.44. The molecule has 0 bridgehead atoms. The SMILES string of the molecule is CCNCc1cc(-c2ccc(OC)cc2C)ccc1OC. The van der Waals surface area contributed by atoms with Gasteiger partial charge in [0.15, 0.2) is 0 Å². The summed E-state index contributed by atoms with van der Waals surface area (Å²) in [6, 6.07) is 12.5. The second-order valence-electron chi connectivity index (χ2n) is 4.99. The molecular formula is C18H23NO2. The van der Waals surface area contributed by atoms with Crippen LogP contribution in [0.1, 0.15) is 18.1 Å². The molecule has 0 aromatic heterocycles. The first-order valence-corrected chi connectivity index (χ1v) is 7.22. The van der Waals surface area contributed by atoms with E-state index in [-0.39, 0.29) is 0 Å². The van der Waals surface area contributed by atoms with Gasteiger partial charge in [0, 0.05) is 12.1 Å². The van der Waals surface area contributed by atoms with Gasteiger partial charge in [-0.1, -0.05) is 19.1 Å². The highest BCUT2D eigenvalue weighted by atomic mass is 16.5. The molecule has 112 valence electrons. The molecule has 0 aliphatic rings. The van der Waals surface area contributed by atoms with E-state index in [1.807, 2.05) is 12.1 Å². The number of nitrogens with one attached hydrogen (secondary N) is 1. The summed E-state index contributed by atoms with van der Waals surface area (Å²) in [7, 11) is 3.40. The van der Waals surface area contributed by atoms with E-state index in [0.29, 0.717) is 0 Å². The van der Waals surface area contributed by atoms with Crippen molar-refractivity contribution in [2.24, 2.45) is 0 Å². The smallest absolute Gasteiger partial charge is 0.123 e. The highest BCUT2D eigenvalue weighted by molar-refractivity contribution is 5.70. The molecule has 2 rings (SSSR count). The molecule has 0 atom stereocenters. The van der Waals surface area contributed by atoms with Crippen LogP contribution < -0.4 is 14.8 Å². The maximum absolute atomic E-state index is 5.44. The lowest BCUT2D eigenvalue weighted by Gasteiger charge is -2.13. The van der Waals surface area contributed by atoms with Crippen LogP contribution >= 0.6 is 0 Å². The van der Waals surface area contributed by atoms with Crippen molar-refractivity contribution in [3.8, 4) is 22.6 Å². The number of rotatable bonds is 6. The summed E-state index contributed by atoms with van der Waals surface area (Å²) < 4.78 is 10.7. The van der Waals surface area contributed by atoms with E-state index in [2.05, 4.69) is 43.4 Å². The number of hydrogen-bond donors (Lipinski definition) is 1. The van der Waals surface area contributed by atoms with E-state index in [9.17, 15) is 0 Å². The van der Waals surface area contributed by atoms with Gasteiger partial charge in [-0.15, -0.1) is 0 Å². The molecule has 2 aromatic rings. The topological polar surface area (TPSA) is 30.5 Å². The van der Waals surface area contributed by atoms with Gasteiger partial charge in [-0.05, 0) is 54.4 Å². The average molecular weight is 285 g/mol. The van der Waals surface area contributed by atoms with Gasteiger partial charge in [0.05, 0.1) is 14.2 Å². The van der Waals surface area contributed by atoms with E-state index in [0.717, 1.165) is 24.6 Å². The Labute approximate surface area is 126 Å². The Kier molecular flexibility index (Phi) is 5.23. The van der Waals surface area contributed by atoms with Crippen molar-refractivity contribution in [3.05, 3.63) is 47.5 Å². The van der Waals surface area contributed by atoms with Crippen molar-refractivity contribution < 1.29 is 9.47 Å². The molecule has 0 heterocycles.